The molecule has 1 aliphatic rings. The second-order valence-electron chi connectivity index (χ2n) is 4.94. The number of aryl methyl sites for hydroxylation is 2. The smallest absolute Gasteiger partial charge is 0.305 e. The molecule has 1 aliphatic heterocycles. The van der Waals surface area contributed by atoms with E-state index in [1.54, 1.807) is 0 Å². The lowest BCUT2D eigenvalue weighted by atomic mass is 10.0. The van der Waals surface area contributed by atoms with Crippen LogP contribution in [-0.2, 0) is 14.3 Å². The number of methoxy groups -OCH3 is 1. The monoisotopic (exact) mass is 275 g/mol. The molecule has 5 heteroatoms. The molecule has 0 unspecified atom stereocenters. The van der Waals surface area contributed by atoms with Gasteiger partial charge in [-0.05, 0) is 37.5 Å². The van der Waals surface area contributed by atoms with Crippen molar-refractivity contribution in [3.05, 3.63) is 28.8 Å². The van der Waals surface area contributed by atoms with Crippen LogP contribution in [0.4, 0.5) is 5.69 Å². The molecule has 20 heavy (non-hydrogen) atoms. The zero-order chi connectivity index (χ0) is 14.9. The normalized spacial score (nSPS) is 13.7. The van der Waals surface area contributed by atoms with E-state index in [-0.39, 0.29) is 12.4 Å². The molecule has 0 aliphatic carbocycles. The largest absolute Gasteiger partial charge is 0.469 e. The van der Waals surface area contributed by atoms with Crippen molar-refractivity contribution in [1.29, 1.82) is 0 Å². The number of benzene rings is 1. The quantitative estimate of drug-likeness (QED) is 0.620. The summed E-state index contributed by atoms with van der Waals surface area (Å²) in [6.07, 6.45) is 0.701. The number of fused-ring (bicyclic) bond motifs is 1. The molecule has 0 saturated carbocycles. The lowest BCUT2D eigenvalue weighted by Crippen LogP contribution is -2.31. The summed E-state index contributed by atoms with van der Waals surface area (Å²) in [6, 6.07) is 3.73. The SMILES string of the molecule is COC(=O)CCCN1C(=O)C(=O)c2c(C)cc(C)cc21. The van der Waals surface area contributed by atoms with Crippen LogP contribution in [0.5, 0.6) is 0 Å². The van der Waals surface area contributed by atoms with Crippen LogP contribution in [-0.4, -0.2) is 31.3 Å². The van der Waals surface area contributed by atoms with Crippen molar-refractivity contribution >= 4 is 23.3 Å². The number of anilines is 1. The highest BCUT2D eigenvalue weighted by atomic mass is 16.5. The number of hydrogen-bond acceptors (Lipinski definition) is 4. The van der Waals surface area contributed by atoms with Crippen LogP contribution in [0.15, 0.2) is 12.1 Å². The minimum atomic E-state index is -0.515. The molecule has 1 aromatic rings. The maximum absolute atomic E-state index is 12.0. The average molecular weight is 275 g/mol. The third-order valence-electron chi connectivity index (χ3n) is 3.41. The Balaban J connectivity index is 2.22. The minimum absolute atomic E-state index is 0.231. The fraction of sp³-hybridized carbons (Fsp3) is 0.400. The van der Waals surface area contributed by atoms with Crippen LogP contribution in [0.3, 0.4) is 0 Å². The number of carbonyl (C=O) groups excluding carboxylic acids is 3. The van der Waals surface area contributed by atoms with Gasteiger partial charge in [-0.15, -0.1) is 0 Å². The number of ketones is 1. The third-order valence-corrected chi connectivity index (χ3v) is 3.41. The zero-order valence-electron chi connectivity index (χ0n) is 11.9. The lowest BCUT2D eigenvalue weighted by Gasteiger charge is -2.16. The van der Waals surface area contributed by atoms with Gasteiger partial charge in [-0.3, -0.25) is 14.4 Å². The Bertz CT molecular complexity index is 592. The van der Waals surface area contributed by atoms with E-state index in [2.05, 4.69) is 4.74 Å². The number of rotatable bonds is 4. The van der Waals surface area contributed by atoms with Gasteiger partial charge in [0, 0.05) is 13.0 Å². The first kappa shape index (κ1) is 14.2. The Morgan fingerprint density at radius 1 is 1.25 bits per heavy atom. The van der Waals surface area contributed by atoms with Gasteiger partial charge in [0.1, 0.15) is 0 Å². The van der Waals surface area contributed by atoms with E-state index in [0.717, 1.165) is 11.1 Å². The third kappa shape index (κ3) is 2.43. The number of amides is 1. The van der Waals surface area contributed by atoms with Gasteiger partial charge >= 0.3 is 5.97 Å². The number of carbonyl (C=O) groups is 3. The Labute approximate surface area is 117 Å². The molecule has 5 nitrogen and oxygen atoms in total. The van der Waals surface area contributed by atoms with Crippen molar-refractivity contribution in [2.75, 3.05) is 18.6 Å². The standard InChI is InChI=1S/C15H17NO4/c1-9-7-10(2)13-11(8-9)16(15(19)14(13)18)6-4-5-12(17)20-3/h7-8H,4-6H2,1-3H3. The first-order valence-electron chi connectivity index (χ1n) is 6.50. The molecule has 0 bridgehead atoms. The summed E-state index contributed by atoms with van der Waals surface area (Å²) in [4.78, 5) is 36.6. The van der Waals surface area contributed by atoms with Gasteiger partial charge in [0.15, 0.2) is 0 Å². The predicted molar refractivity (Wildman–Crippen MR) is 73.8 cm³/mol. The molecule has 106 valence electrons. The molecule has 0 aromatic heterocycles. The van der Waals surface area contributed by atoms with E-state index >= 15 is 0 Å². The topological polar surface area (TPSA) is 63.7 Å². The van der Waals surface area contributed by atoms with E-state index in [0.29, 0.717) is 24.2 Å². The first-order valence-corrected chi connectivity index (χ1v) is 6.50. The van der Waals surface area contributed by atoms with E-state index in [4.69, 9.17) is 0 Å². The Hall–Kier alpha value is -2.17. The maximum Gasteiger partial charge on any atom is 0.305 e. The lowest BCUT2D eigenvalue weighted by molar-refractivity contribution is -0.140. The second kappa shape index (κ2) is 5.45. The van der Waals surface area contributed by atoms with Gasteiger partial charge in [-0.1, -0.05) is 6.07 Å². The van der Waals surface area contributed by atoms with Crippen molar-refractivity contribution < 1.29 is 19.1 Å². The second-order valence-corrected chi connectivity index (χ2v) is 4.94. The number of nitrogens with zero attached hydrogens (tertiary/aromatic N) is 1. The van der Waals surface area contributed by atoms with Gasteiger partial charge < -0.3 is 9.64 Å². The van der Waals surface area contributed by atoms with Gasteiger partial charge in [-0.25, -0.2) is 0 Å². The van der Waals surface area contributed by atoms with Crippen molar-refractivity contribution in [3.8, 4) is 0 Å². The molecule has 1 aromatic carbocycles. The average Bonchev–Trinajstić information content (AvgIpc) is 2.63. The Morgan fingerprint density at radius 2 is 1.95 bits per heavy atom. The summed E-state index contributed by atoms with van der Waals surface area (Å²) in [5.41, 5.74) is 2.96. The van der Waals surface area contributed by atoms with Crippen LogP contribution in [0, 0.1) is 13.8 Å². The van der Waals surface area contributed by atoms with Crippen molar-refractivity contribution in [3.63, 3.8) is 0 Å². The summed E-state index contributed by atoms with van der Waals surface area (Å²) < 4.78 is 4.56. The van der Waals surface area contributed by atoms with Crippen molar-refractivity contribution in [2.24, 2.45) is 0 Å². The molecular formula is C15H17NO4. The molecule has 0 N–H and O–H groups in total. The summed E-state index contributed by atoms with van der Waals surface area (Å²) in [7, 11) is 1.33. The van der Waals surface area contributed by atoms with Gasteiger partial charge in [0.25, 0.3) is 11.7 Å². The first-order chi connectivity index (χ1) is 9.45. The Kier molecular flexibility index (Phi) is 3.88. The molecule has 2 rings (SSSR count). The van der Waals surface area contributed by atoms with E-state index in [1.807, 2.05) is 26.0 Å². The maximum atomic E-state index is 12.0. The van der Waals surface area contributed by atoms with Crippen molar-refractivity contribution in [1.82, 2.24) is 0 Å². The predicted octanol–water partition coefficient (Wildman–Crippen LogP) is 1.79. The van der Waals surface area contributed by atoms with E-state index in [1.165, 1.54) is 12.0 Å². The summed E-state index contributed by atoms with van der Waals surface area (Å²) in [5, 5.41) is 0. The summed E-state index contributed by atoms with van der Waals surface area (Å²) in [6.45, 7) is 4.09. The Morgan fingerprint density at radius 3 is 2.60 bits per heavy atom. The highest BCUT2D eigenvalue weighted by Gasteiger charge is 2.36. The highest BCUT2D eigenvalue weighted by Crippen LogP contribution is 2.32. The minimum Gasteiger partial charge on any atom is -0.469 e. The van der Waals surface area contributed by atoms with Gasteiger partial charge in [-0.2, -0.15) is 0 Å². The summed E-state index contributed by atoms with van der Waals surface area (Å²) >= 11 is 0. The van der Waals surface area contributed by atoms with Crippen LogP contribution in [0.2, 0.25) is 0 Å². The molecule has 0 saturated heterocycles. The molecule has 0 spiro atoms. The zero-order valence-corrected chi connectivity index (χ0v) is 11.9. The van der Waals surface area contributed by atoms with Crippen LogP contribution in [0.1, 0.15) is 34.3 Å². The number of esters is 1. The molecule has 0 radical (unpaired) electrons. The van der Waals surface area contributed by atoms with E-state index < -0.39 is 11.7 Å². The fourth-order valence-corrected chi connectivity index (χ4v) is 2.50. The molecule has 0 fully saturated rings. The summed E-state index contributed by atoms with van der Waals surface area (Å²) in [5.74, 6) is -1.29. The number of ether oxygens (including phenoxy) is 1. The van der Waals surface area contributed by atoms with Crippen LogP contribution in [0.25, 0.3) is 0 Å². The van der Waals surface area contributed by atoms with Crippen molar-refractivity contribution in [2.45, 2.75) is 26.7 Å². The molecule has 0 atom stereocenters. The molecular weight excluding hydrogens is 258 g/mol. The highest BCUT2D eigenvalue weighted by molar-refractivity contribution is 6.52. The fourth-order valence-electron chi connectivity index (χ4n) is 2.50. The van der Waals surface area contributed by atoms with Gasteiger partial charge in [0.2, 0.25) is 0 Å². The molecule has 1 amide bonds. The number of hydrogen-bond donors (Lipinski definition) is 0. The van der Waals surface area contributed by atoms with E-state index in [9.17, 15) is 14.4 Å². The number of Topliss-reactive ketones (excluding diaryl/α,β-unsaturated/α-hetero) is 1. The van der Waals surface area contributed by atoms with Crippen LogP contribution < -0.4 is 4.90 Å². The van der Waals surface area contributed by atoms with Crippen LogP contribution >= 0.6 is 0 Å². The van der Waals surface area contributed by atoms with Gasteiger partial charge in [0.05, 0.1) is 18.4 Å². The molecule has 1 heterocycles.